The molecule has 0 aromatic heterocycles. The molecule has 0 atom stereocenters. The van der Waals surface area contributed by atoms with Crippen molar-refractivity contribution in [2.75, 3.05) is 11.5 Å². The fourth-order valence-electron chi connectivity index (χ4n) is 2.65. The summed E-state index contributed by atoms with van der Waals surface area (Å²) in [5, 5.41) is 0. The molecule has 0 N–H and O–H groups in total. The summed E-state index contributed by atoms with van der Waals surface area (Å²) in [5.41, 5.74) is 3.65. The predicted octanol–water partition coefficient (Wildman–Crippen LogP) is 4.22. The number of para-hydroxylation sites is 2. The van der Waals surface area contributed by atoms with E-state index in [9.17, 15) is 4.79 Å². The van der Waals surface area contributed by atoms with E-state index in [0.717, 1.165) is 28.3 Å². The molecule has 1 aliphatic rings. The minimum Gasteiger partial charge on any atom is -0.493 e. The summed E-state index contributed by atoms with van der Waals surface area (Å²) < 4.78 is 5.80. The molecule has 3 heteroatoms. The van der Waals surface area contributed by atoms with Gasteiger partial charge in [0.25, 0.3) is 0 Å². The Balaban J connectivity index is 2.31. The van der Waals surface area contributed by atoms with Gasteiger partial charge in [0.05, 0.1) is 18.0 Å². The second-order valence-electron chi connectivity index (χ2n) is 4.87. The Labute approximate surface area is 124 Å². The van der Waals surface area contributed by atoms with Gasteiger partial charge < -0.3 is 4.74 Å². The second-order valence-corrected chi connectivity index (χ2v) is 4.87. The zero-order valence-electron chi connectivity index (χ0n) is 12.2. The molecule has 0 bridgehead atoms. The molecule has 3 nitrogen and oxygen atoms in total. The van der Waals surface area contributed by atoms with Crippen molar-refractivity contribution < 1.29 is 9.53 Å². The molecule has 2 aromatic rings. The Hall–Kier alpha value is -2.55. The van der Waals surface area contributed by atoms with Crippen LogP contribution in [0.25, 0.3) is 11.8 Å². The van der Waals surface area contributed by atoms with Crippen molar-refractivity contribution in [1.29, 1.82) is 0 Å². The highest BCUT2D eigenvalue weighted by Crippen LogP contribution is 2.39. The molecule has 0 aliphatic carbocycles. The van der Waals surface area contributed by atoms with Crippen LogP contribution < -0.4 is 4.90 Å². The molecule has 0 unspecified atom stereocenters. The van der Waals surface area contributed by atoms with Crippen molar-refractivity contribution in [2.45, 2.75) is 13.8 Å². The van der Waals surface area contributed by atoms with Crippen LogP contribution in [0, 0.1) is 0 Å². The zero-order chi connectivity index (χ0) is 14.8. The number of carbonyl (C=O) groups excluding carboxylic acids is 1. The number of anilines is 2. The number of benzene rings is 2. The van der Waals surface area contributed by atoms with Crippen LogP contribution in [-0.4, -0.2) is 12.5 Å². The molecule has 2 aromatic carbocycles. The van der Waals surface area contributed by atoms with Gasteiger partial charge in [0, 0.05) is 18.1 Å². The van der Waals surface area contributed by atoms with E-state index < -0.39 is 0 Å². The molecule has 0 radical (unpaired) electrons. The summed E-state index contributed by atoms with van der Waals surface area (Å²) in [5.74, 6) is 0.783. The standard InChI is InChI=1S/C18H17NO2/c1-3-21-18-12-14-8-4-6-10-16(14)19(13(2)20)17-11-7-5-9-15(17)18/h4-12H,3H2,1-2H3. The average Bonchev–Trinajstić information content (AvgIpc) is 2.62. The van der Waals surface area contributed by atoms with Crippen molar-refractivity contribution in [2.24, 2.45) is 0 Å². The molecule has 1 heterocycles. The molecule has 3 rings (SSSR count). The number of hydrogen-bond acceptors (Lipinski definition) is 2. The topological polar surface area (TPSA) is 29.5 Å². The molecule has 0 saturated heterocycles. The summed E-state index contributed by atoms with van der Waals surface area (Å²) in [6.07, 6.45) is 2.00. The summed E-state index contributed by atoms with van der Waals surface area (Å²) in [7, 11) is 0. The van der Waals surface area contributed by atoms with E-state index in [2.05, 4.69) is 0 Å². The first-order valence-electron chi connectivity index (χ1n) is 7.06. The number of fused-ring (bicyclic) bond motifs is 2. The van der Waals surface area contributed by atoms with Gasteiger partial charge in [-0.3, -0.25) is 9.69 Å². The fourth-order valence-corrected chi connectivity index (χ4v) is 2.65. The lowest BCUT2D eigenvalue weighted by Gasteiger charge is -2.23. The van der Waals surface area contributed by atoms with E-state index in [-0.39, 0.29) is 5.91 Å². The van der Waals surface area contributed by atoms with Gasteiger partial charge in [-0.15, -0.1) is 0 Å². The number of amides is 1. The molecule has 1 amide bonds. The second kappa shape index (κ2) is 5.44. The van der Waals surface area contributed by atoms with Crippen LogP contribution in [-0.2, 0) is 9.53 Å². The quantitative estimate of drug-likeness (QED) is 0.823. The molecule has 0 spiro atoms. The third kappa shape index (κ3) is 2.31. The van der Waals surface area contributed by atoms with Gasteiger partial charge in [-0.2, -0.15) is 0 Å². The highest BCUT2D eigenvalue weighted by atomic mass is 16.5. The molecule has 21 heavy (non-hydrogen) atoms. The molecular weight excluding hydrogens is 262 g/mol. The van der Waals surface area contributed by atoms with E-state index in [4.69, 9.17) is 4.74 Å². The summed E-state index contributed by atoms with van der Waals surface area (Å²) in [4.78, 5) is 13.9. The first-order chi connectivity index (χ1) is 10.2. The summed E-state index contributed by atoms with van der Waals surface area (Å²) >= 11 is 0. The first-order valence-corrected chi connectivity index (χ1v) is 7.06. The number of hydrogen-bond donors (Lipinski definition) is 0. The highest BCUT2D eigenvalue weighted by molar-refractivity contribution is 6.06. The molecular formula is C18H17NO2. The fraction of sp³-hybridized carbons (Fsp3) is 0.167. The van der Waals surface area contributed by atoms with Crippen LogP contribution in [0.4, 0.5) is 11.4 Å². The van der Waals surface area contributed by atoms with Crippen molar-refractivity contribution in [3.8, 4) is 0 Å². The van der Waals surface area contributed by atoms with Crippen molar-refractivity contribution in [3.63, 3.8) is 0 Å². The smallest absolute Gasteiger partial charge is 0.228 e. The van der Waals surface area contributed by atoms with Crippen LogP contribution in [0.3, 0.4) is 0 Å². The number of nitrogens with zero attached hydrogens (tertiary/aromatic N) is 1. The normalized spacial score (nSPS) is 12.9. The van der Waals surface area contributed by atoms with Crippen molar-refractivity contribution >= 4 is 29.1 Å². The number of rotatable bonds is 2. The Morgan fingerprint density at radius 2 is 1.71 bits per heavy atom. The lowest BCUT2D eigenvalue weighted by Crippen LogP contribution is -2.23. The Morgan fingerprint density at radius 1 is 1.05 bits per heavy atom. The molecule has 0 saturated carbocycles. The Bertz CT molecular complexity index is 719. The van der Waals surface area contributed by atoms with E-state index in [1.165, 1.54) is 0 Å². The monoisotopic (exact) mass is 279 g/mol. The van der Waals surface area contributed by atoms with Gasteiger partial charge in [0.2, 0.25) is 5.91 Å². The Morgan fingerprint density at radius 3 is 2.43 bits per heavy atom. The predicted molar refractivity (Wildman–Crippen MR) is 85.2 cm³/mol. The van der Waals surface area contributed by atoms with Crippen molar-refractivity contribution in [1.82, 2.24) is 0 Å². The maximum absolute atomic E-state index is 12.2. The number of ether oxygens (including phenoxy) is 1. The van der Waals surface area contributed by atoms with Crippen LogP contribution in [0.5, 0.6) is 0 Å². The van der Waals surface area contributed by atoms with Gasteiger partial charge in [-0.05, 0) is 31.2 Å². The lowest BCUT2D eigenvalue weighted by molar-refractivity contribution is -0.115. The third-order valence-electron chi connectivity index (χ3n) is 3.49. The minimum absolute atomic E-state index is 0.0129. The first kappa shape index (κ1) is 13.4. The molecule has 1 aliphatic heterocycles. The van der Waals surface area contributed by atoms with Crippen molar-refractivity contribution in [3.05, 3.63) is 59.7 Å². The summed E-state index contributed by atoms with van der Waals surface area (Å²) in [6, 6.07) is 15.7. The van der Waals surface area contributed by atoms with Crippen LogP contribution in [0.1, 0.15) is 25.0 Å². The third-order valence-corrected chi connectivity index (χ3v) is 3.49. The highest BCUT2D eigenvalue weighted by Gasteiger charge is 2.24. The minimum atomic E-state index is -0.0129. The maximum atomic E-state index is 12.2. The maximum Gasteiger partial charge on any atom is 0.228 e. The van der Waals surface area contributed by atoms with Gasteiger partial charge in [-0.1, -0.05) is 30.3 Å². The average molecular weight is 279 g/mol. The Kier molecular flexibility index (Phi) is 3.48. The SMILES string of the molecule is CCOC1=Cc2ccccc2N(C(C)=O)c2ccccc21. The van der Waals surface area contributed by atoms with E-state index >= 15 is 0 Å². The van der Waals surface area contributed by atoms with Gasteiger partial charge in [-0.25, -0.2) is 0 Å². The summed E-state index contributed by atoms with van der Waals surface area (Å²) in [6.45, 7) is 4.13. The zero-order valence-corrected chi connectivity index (χ0v) is 12.2. The number of carbonyl (C=O) groups is 1. The van der Waals surface area contributed by atoms with E-state index in [1.54, 1.807) is 11.8 Å². The lowest BCUT2D eigenvalue weighted by atomic mass is 10.1. The van der Waals surface area contributed by atoms with Gasteiger partial charge in [0.1, 0.15) is 5.76 Å². The van der Waals surface area contributed by atoms with Gasteiger partial charge in [0.15, 0.2) is 0 Å². The van der Waals surface area contributed by atoms with Gasteiger partial charge >= 0.3 is 0 Å². The van der Waals surface area contributed by atoms with Crippen LogP contribution in [0.2, 0.25) is 0 Å². The molecule has 0 fully saturated rings. The largest absolute Gasteiger partial charge is 0.493 e. The van der Waals surface area contributed by atoms with Crippen LogP contribution >= 0.6 is 0 Å². The van der Waals surface area contributed by atoms with E-state index in [1.807, 2.05) is 61.5 Å². The molecule has 106 valence electrons. The van der Waals surface area contributed by atoms with Crippen LogP contribution in [0.15, 0.2) is 48.5 Å². The van der Waals surface area contributed by atoms with E-state index in [0.29, 0.717) is 6.61 Å².